The Morgan fingerprint density at radius 3 is 2.33 bits per heavy atom. The van der Waals surface area contributed by atoms with Crippen LogP contribution in [0.15, 0.2) is 42.5 Å². The summed E-state index contributed by atoms with van der Waals surface area (Å²) in [6.45, 7) is 5.22. The summed E-state index contributed by atoms with van der Waals surface area (Å²) in [6.07, 6.45) is 0.0979. The van der Waals surface area contributed by atoms with Gasteiger partial charge < -0.3 is 15.4 Å². The average Bonchev–Trinajstić information content (AvgIpc) is 2.64. The van der Waals surface area contributed by atoms with Crippen molar-refractivity contribution in [3.63, 3.8) is 0 Å². The first-order chi connectivity index (χ1) is 12.8. The molecule has 0 saturated carbocycles. The van der Waals surface area contributed by atoms with Crippen LogP contribution in [0, 0.1) is 20.8 Å². The molecule has 0 aliphatic carbocycles. The van der Waals surface area contributed by atoms with E-state index in [2.05, 4.69) is 10.6 Å². The topological polar surface area (TPSA) is 84.5 Å². The summed E-state index contributed by atoms with van der Waals surface area (Å²) in [5.74, 6) is -1.36. The maximum Gasteiger partial charge on any atom is 0.310 e. The van der Waals surface area contributed by atoms with Gasteiger partial charge in [0.25, 0.3) is 5.91 Å². The fourth-order valence-electron chi connectivity index (χ4n) is 2.38. The van der Waals surface area contributed by atoms with Crippen molar-refractivity contribution in [2.75, 3.05) is 18.5 Å². The number of ether oxygens (including phenoxy) is 1. The maximum absolute atomic E-state index is 12.0. The van der Waals surface area contributed by atoms with Crippen molar-refractivity contribution in [1.29, 1.82) is 0 Å². The number of rotatable bonds is 7. The van der Waals surface area contributed by atoms with Gasteiger partial charge in [0.2, 0.25) is 5.91 Å². The van der Waals surface area contributed by atoms with E-state index in [-0.39, 0.29) is 18.9 Å². The first-order valence-corrected chi connectivity index (χ1v) is 8.69. The Labute approximate surface area is 158 Å². The van der Waals surface area contributed by atoms with Gasteiger partial charge in [0.1, 0.15) is 0 Å². The van der Waals surface area contributed by atoms with Gasteiger partial charge in [-0.2, -0.15) is 0 Å². The van der Waals surface area contributed by atoms with E-state index < -0.39 is 18.5 Å². The summed E-state index contributed by atoms with van der Waals surface area (Å²) < 4.78 is 4.94. The van der Waals surface area contributed by atoms with Gasteiger partial charge >= 0.3 is 5.97 Å². The Bertz CT molecular complexity index is 829. The maximum atomic E-state index is 12.0. The molecule has 0 aromatic heterocycles. The van der Waals surface area contributed by atoms with Gasteiger partial charge in [0.15, 0.2) is 6.61 Å². The van der Waals surface area contributed by atoms with E-state index in [1.807, 2.05) is 57.2 Å². The summed E-state index contributed by atoms with van der Waals surface area (Å²) >= 11 is 0. The van der Waals surface area contributed by atoms with Gasteiger partial charge in [-0.1, -0.05) is 42.0 Å². The van der Waals surface area contributed by atoms with Crippen LogP contribution in [0.1, 0.15) is 22.3 Å². The van der Waals surface area contributed by atoms with Gasteiger partial charge in [-0.25, -0.2) is 0 Å². The lowest BCUT2D eigenvalue weighted by Crippen LogP contribution is -2.35. The van der Waals surface area contributed by atoms with Crippen LogP contribution in [0.5, 0.6) is 0 Å². The predicted molar refractivity (Wildman–Crippen MR) is 103 cm³/mol. The third-order valence-corrected chi connectivity index (χ3v) is 4.16. The molecule has 0 unspecified atom stereocenters. The van der Waals surface area contributed by atoms with Crippen molar-refractivity contribution in [2.24, 2.45) is 0 Å². The molecule has 2 N–H and O–H groups in total. The summed E-state index contributed by atoms with van der Waals surface area (Å²) in [6, 6.07) is 13.1. The lowest BCUT2D eigenvalue weighted by atomic mass is 10.1. The van der Waals surface area contributed by atoms with Crippen molar-refractivity contribution >= 4 is 23.5 Å². The Kier molecular flexibility index (Phi) is 7.11. The van der Waals surface area contributed by atoms with Gasteiger partial charge in [-0.3, -0.25) is 14.4 Å². The van der Waals surface area contributed by atoms with E-state index in [0.29, 0.717) is 5.69 Å². The molecule has 6 heteroatoms. The molecule has 2 rings (SSSR count). The van der Waals surface area contributed by atoms with E-state index in [1.165, 1.54) is 0 Å². The largest absolute Gasteiger partial charge is 0.455 e. The highest BCUT2D eigenvalue weighted by Gasteiger charge is 2.11. The molecule has 27 heavy (non-hydrogen) atoms. The van der Waals surface area contributed by atoms with Gasteiger partial charge in [-0.15, -0.1) is 0 Å². The van der Waals surface area contributed by atoms with Crippen LogP contribution in [0.2, 0.25) is 0 Å². The fourth-order valence-corrected chi connectivity index (χ4v) is 2.38. The minimum Gasteiger partial charge on any atom is -0.455 e. The zero-order valence-electron chi connectivity index (χ0n) is 15.8. The highest BCUT2D eigenvalue weighted by Crippen LogP contribution is 2.17. The number of hydrogen-bond acceptors (Lipinski definition) is 4. The van der Waals surface area contributed by atoms with Crippen molar-refractivity contribution in [3.8, 4) is 0 Å². The van der Waals surface area contributed by atoms with Crippen LogP contribution in [0.3, 0.4) is 0 Å². The van der Waals surface area contributed by atoms with E-state index in [9.17, 15) is 14.4 Å². The second kappa shape index (κ2) is 9.52. The van der Waals surface area contributed by atoms with Crippen LogP contribution in [0.4, 0.5) is 5.69 Å². The van der Waals surface area contributed by atoms with Crippen LogP contribution < -0.4 is 10.6 Å². The monoisotopic (exact) mass is 368 g/mol. The Morgan fingerprint density at radius 1 is 0.926 bits per heavy atom. The molecule has 0 aliphatic rings. The number of hydrogen-bond donors (Lipinski definition) is 2. The molecule has 0 fully saturated rings. The van der Waals surface area contributed by atoms with Crippen LogP contribution in [0.25, 0.3) is 0 Å². The number of carbonyl (C=O) groups is 3. The van der Waals surface area contributed by atoms with E-state index in [4.69, 9.17) is 4.74 Å². The third-order valence-electron chi connectivity index (χ3n) is 4.16. The number of esters is 1. The number of amides is 2. The molecule has 0 atom stereocenters. The van der Waals surface area contributed by atoms with Crippen molar-refractivity contribution in [3.05, 3.63) is 64.7 Å². The predicted octanol–water partition coefficient (Wildman–Crippen LogP) is 2.45. The standard InChI is InChI=1S/C21H24N2O4/c1-14-7-9-17(10-8-14)11-21(26)27-13-20(25)22-12-19(24)23-18-6-4-5-15(2)16(18)3/h4-10H,11-13H2,1-3H3,(H,22,25)(H,23,24). The Balaban J connectivity index is 1.70. The molecule has 0 saturated heterocycles. The molecule has 6 nitrogen and oxygen atoms in total. The number of nitrogens with one attached hydrogen (secondary N) is 2. The first kappa shape index (κ1) is 20.2. The molecular formula is C21H24N2O4. The van der Waals surface area contributed by atoms with Gasteiger partial charge in [-0.05, 0) is 43.5 Å². The fraction of sp³-hybridized carbons (Fsp3) is 0.286. The zero-order valence-corrected chi connectivity index (χ0v) is 15.8. The number of anilines is 1. The molecule has 0 aliphatic heterocycles. The highest BCUT2D eigenvalue weighted by atomic mass is 16.5. The second-order valence-corrected chi connectivity index (χ2v) is 6.40. The van der Waals surface area contributed by atoms with Crippen molar-refractivity contribution in [1.82, 2.24) is 5.32 Å². The van der Waals surface area contributed by atoms with E-state index >= 15 is 0 Å². The lowest BCUT2D eigenvalue weighted by Gasteiger charge is -2.11. The lowest BCUT2D eigenvalue weighted by molar-refractivity contribution is -0.147. The minimum atomic E-state index is -0.525. The normalized spacial score (nSPS) is 10.2. The minimum absolute atomic E-state index is 0.0979. The molecule has 142 valence electrons. The third kappa shape index (κ3) is 6.58. The van der Waals surface area contributed by atoms with Crippen molar-refractivity contribution < 1.29 is 19.1 Å². The quantitative estimate of drug-likeness (QED) is 0.735. The average molecular weight is 368 g/mol. The van der Waals surface area contributed by atoms with Crippen LogP contribution in [-0.2, 0) is 25.5 Å². The molecule has 0 bridgehead atoms. The number of benzene rings is 2. The van der Waals surface area contributed by atoms with E-state index in [0.717, 1.165) is 22.3 Å². The molecular weight excluding hydrogens is 344 g/mol. The summed E-state index contributed by atoms with van der Waals surface area (Å²) in [4.78, 5) is 35.5. The second-order valence-electron chi connectivity index (χ2n) is 6.40. The van der Waals surface area contributed by atoms with Crippen molar-refractivity contribution in [2.45, 2.75) is 27.2 Å². The smallest absolute Gasteiger partial charge is 0.310 e. The number of carbonyl (C=O) groups excluding carboxylic acids is 3. The summed E-state index contributed by atoms with van der Waals surface area (Å²) in [5, 5.41) is 5.18. The van der Waals surface area contributed by atoms with Gasteiger partial charge in [0.05, 0.1) is 13.0 Å². The molecule has 2 aromatic carbocycles. The van der Waals surface area contributed by atoms with E-state index in [1.54, 1.807) is 6.07 Å². The molecule has 0 radical (unpaired) electrons. The Hall–Kier alpha value is -3.15. The van der Waals surface area contributed by atoms with Gasteiger partial charge in [0, 0.05) is 5.69 Å². The van der Waals surface area contributed by atoms with Crippen LogP contribution >= 0.6 is 0 Å². The zero-order chi connectivity index (χ0) is 19.8. The Morgan fingerprint density at radius 2 is 1.63 bits per heavy atom. The summed E-state index contributed by atoms with van der Waals surface area (Å²) in [7, 11) is 0. The SMILES string of the molecule is Cc1ccc(CC(=O)OCC(=O)NCC(=O)Nc2cccc(C)c2C)cc1. The molecule has 0 heterocycles. The number of aryl methyl sites for hydroxylation is 2. The molecule has 2 aromatic rings. The summed E-state index contributed by atoms with van der Waals surface area (Å²) in [5.41, 5.74) is 4.67. The van der Waals surface area contributed by atoms with Crippen LogP contribution in [-0.4, -0.2) is 30.9 Å². The molecule has 2 amide bonds. The first-order valence-electron chi connectivity index (χ1n) is 8.69. The molecule has 0 spiro atoms. The highest BCUT2D eigenvalue weighted by molar-refractivity contribution is 5.95.